The van der Waals surface area contributed by atoms with Gasteiger partial charge in [-0.1, -0.05) is 17.7 Å². The number of benzene rings is 1. The van der Waals surface area contributed by atoms with Gasteiger partial charge in [-0.15, -0.1) is 0 Å². The van der Waals surface area contributed by atoms with Crippen LogP contribution in [0.25, 0.3) is 0 Å². The van der Waals surface area contributed by atoms with Gasteiger partial charge in [0.25, 0.3) is 5.91 Å². The van der Waals surface area contributed by atoms with Crippen molar-refractivity contribution in [2.45, 2.75) is 32.8 Å². The summed E-state index contributed by atoms with van der Waals surface area (Å²) in [5.41, 5.74) is 9.23. The van der Waals surface area contributed by atoms with Crippen molar-refractivity contribution in [3.63, 3.8) is 0 Å². The monoisotopic (exact) mass is 325 g/mol. The van der Waals surface area contributed by atoms with Gasteiger partial charge < -0.3 is 15.4 Å². The average molecular weight is 325 g/mol. The van der Waals surface area contributed by atoms with Gasteiger partial charge in [0.05, 0.1) is 5.56 Å². The van der Waals surface area contributed by atoms with Crippen molar-refractivity contribution in [2.24, 2.45) is 0 Å². The number of amides is 1. The summed E-state index contributed by atoms with van der Waals surface area (Å²) in [6.45, 7) is 5.30. The lowest BCUT2D eigenvalue weighted by molar-refractivity contribution is 0.0589. The summed E-state index contributed by atoms with van der Waals surface area (Å²) in [6.07, 6.45) is 3.49. The van der Waals surface area contributed by atoms with E-state index in [1.807, 2.05) is 43.0 Å². The summed E-state index contributed by atoms with van der Waals surface area (Å²) in [7, 11) is 0. The Hall–Kier alpha value is -2.56. The number of nitrogens with two attached hydrogens (primary N) is 1. The van der Waals surface area contributed by atoms with E-state index in [4.69, 9.17) is 10.5 Å². The second kappa shape index (κ2) is 6.91. The van der Waals surface area contributed by atoms with Crippen LogP contribution in [0.1, 0.15) is 34.3 Å². The zero-order chi connectivity index (χ0) is 17.1. The van der Waals surface area contributed by atoms with Crippen molar-refractivity contribution < 1.29 is 9.53 Å². The molecule has 2 N–H and O–H groups in total. The molecule has 0 aliphatic carbocycles. The minimum absolute atomic E-state index is 0.00288. The Kier molecular flexibility index (Phi) is 4.69. The summed E-state index contributed by atoms with van der Waals surface area (Å²) in [5, 5.41) is 0. The molecule has 0 unspecified atom stereocenters. The molecule has 3 rings (SSSR count). The van der Waals surface area contributed by atoms with Crippen molar-refractivity contribution >= 4 is 11.6 Å². The third-order valence-corrected chi connectivity index (χ3v) is 4.34. The molecule has 0 spiro atoms. The third-order valence-electron chi connectivity index (χ3n) is 4.34. The lowest BCUT2D eigenvalue weighted by atomic mass is 10.0. The number of anilines is 1. The number of nitrogen functional groups attached to an aromatic ring is 1. The number of hydrogen-bond donors (Lipinski definition) is 1. The highest BCUT2D eigenvalue weighted by atomic mass is 16.5. The summed E-state index contributed by atoms with van der Waals surface area (Å²) in [4.78, 5) is 18.8. The van der Waals surface area contributed by atoms with Crippen LogP contribution in [0.2, 0.25) is 0 Å². The number of ether oxygens (including phenoxy) is 1. The van der Waals surface area contributed by atoms with Crippen LogP contribution in [0.3, 0.4) is 0 Å². The molecule has 1 aliphatic heterocycles. The lowest BCUT2D eigenvalue weighted by Gasteiger charge is -2.32. The van der Waals surface area contributed by atoms with E-state index < -0.39 is 0 Å². The molecule has 0 saturated carbocycles. The second-order valence-corrected chi connectivity index (χ2v) is 6.37. The molecule has 126 valence electrons. The van der Waals surface area contributed by atoms with Crippen molar-refractivity contribution in [2.75, 3.05) is 18.8 Å². The van der Waals surface area contributed by atoms with Gasteiger partial charge in [0.15, 0.2) is 0 Å². The molecular weight excluding hydrogens is 302 g/mol. The van der Waals surface area contributed by atoms with Crippen LogP contribution in [-0.4, -0.2) is 35.0 Å². The molecular formula is C19H23N3O2. The molecule has 5 heteroatoms. The van der Waals surface area contributed by atoms with E-state index in [0.29, 0.717) is 30.2 Å². The van der Waals surface area contributed by atoms with Gasteiger partial charge in [-0.3, -0.25) is 4.79 Å². The van der Waals surface area contributed by atoms with Crippen molar-refractivity contribution in [1.29, 1.82) is 0 Å². The zero-order valence-corrected chi connectivity index (χ0v) is 14.2. The van der Waals surface area contributed by atoms with Crippen molar-refractivity contribution in [3.8, 4) is 5.88 Å². The van der Waals surface area contributed by atoms with Crippen molar-refractivity contribution in [1.82, 2.24) is 9.88 Å². The number of pyridine rings is 1. The first-order valence-electron chi connectivity index (χ1n) is 8.27. The normalized spacial score (nSPS) is 15.3. The van der Waals surface area contributed by atoms with Gasteiger partial charge >= 0.3 is 0 Å². The van der Waals surface area contributed by atoms with Crippen LogP contribution < -0.4 is 10.5 Å². The smallest absolute Gasteiger partial charge is 0.255 e. The van der Waals surface area contributed by atoms with Gasteiger partial charge in [0, 0.05) is 43.9 Å². The molecule has 1 fully saturated rings. The second-order valence-electron chi connectivity index (χ2n) is 6.37. The maximum Gasteiger partial charge on any atom is 0.255 e. The number of aryl methyl sites for hydroxylation is 2. The highest BCUT2D eigenvalue weighted by Gasteiger charge is 2.26. The molecule has 24 heavy (non-hydrogen) atoms. The molecule has 1 aromatic heterocycles. The minimum atomic E-state index is 0.00288. The van der Waals surface area contributed by atoms with E-state index in [-0.39, 0.29) is 12.0 Å². The van der Waals surface area contributed by atoms with Gasteiger partial charge in [-0.2, -0.15) is 0 Å². The van der Waals surface area contributed by atoms with Gasteiger partial charge in [-0.25, -0.2) is 4.98 Å². The molecule has 0 radical (unpaired) electrons. The van der Waals surface area contributed by atoms with E-state index in [9.17, 15) is 4.79 Å². The number of hydrogen-bond acceptors (Lipinski definition) is 4. The Bertz CT molecular complexity index is 720. The minimum Gasteiger partial charge on any atom is -0.474 e. The van der Waals surface area contributed by atoms with E-state index in [2.05, 4.69) is 4.98 Å². The first kappa shape index (κ1) is 16.3. The largest absolute Gasteiger partial charge is 0.474 e. The number of likely N-dealkylation sites (tertiary alicyclic amines) is 1. The predicted octanol–water partition coefficient (Wildman–Crippen LogP) is 2.96. The fourth-order valence-electron chi connectivity index (χ4n) is 2.90. The van der Waals surface area contributed by atoms with Gasteiger partial charge in [-0.05, 0) is 31.5 Å². The number of piperidine rings is 1. The Labute approximate surface area is 142 Å². The molecule has 1 amide bonds. The lowest BCUT2D eigenvalue weighted by Crippen LogP contribution is -2.42. The summed E-state index contributed by atoms with van der Waals surface area (Å²) in [5.74, 6) is 0.649. The standard InChI is InChI=1S/C19H23N3O2/c1-13-3-5-17(20)16(11-13)19(23)22-9-7-15(8-10-22)24-18-6-4-14(2)12-21-18/h3-6,11-12,15H,7-10,20H2,1-2H3. The molecule has 0 atom stereocenters. The SMILES string of the molecule is Cc1ccc(OC2CCN(C(=O)c3cc(C)ccc3N)CC2)nc1. The molecule has 1 aliphatic rings. The Balaban J connectivity index is 1.59. The van der Waals surface area contributed by atoms with Crippen LogP contribution in [0.15, 0.2) is 36.5 Å². The van der Waals surface area contributed by atoms with E-state index in [0.717, 1.165) is 24.0 Å². The number of nitrogens with zero attached hydrogens (tertiary/aromatic N) is 2. The maximum absolute atomic E-state index is 12.7. The van der Waals surface area contributed by atoms with Crippen molar-refractivity contribution in [3.05, 3.63) is 53.2 Å². The number of rotatable bonds is 3. The van der Waals surface area contributed by atoms with E-state index in [1.54, 1.807) is 12.3 Å². The van der Waals surface area contributed by atoms with Crippen LogP contribution in [0.4, 0.5) is 5.69 Å². The summed E-state index contributed by atoms with van der Waals surface area (Å²) < 4.78 is 5.91. The quantitative estimate of drug-likeness (QED) is 0.881. The summed E-state index contributed by atoms with van der Waals surface area (Å²) in [6, 6.07) is 9.44. The maximum atomic E-state index is 12.7. The van der Waals surface area contributed by atoms with E-state index >= 15 is 0 Å². The first-order valence-corrected chi connectivity index (χ1v) is 8.27. The van der Waals surface area contributed by atoms with Gasteiger partial charge in [0.1, 0.15) is 6.10 Å². The highest BCUT2D eigenvalue weighted by Crippen LogP contribution is 2.21. The number of aromatic nitrogens is 1. The van der Waals surface area contributed by atoms with Crippen LogP contribution in [-0.2, 0) is 0 Å². The predicted molar refractivity (Wildman–Crippen MR) is 94.1 cm³/mol. The first-order chi connectivity index (χ1) is 11.5. The van der Waals surface area contributed by atoms with Gasteiger partial charge in [0.2, 0.25) is 5.88 Å². The van der Waals surface area contributed by atoms with Crippen LogP contribution in [0.5, 0.6) is 5.88 Å². The molecule has 2 aromatic rings. The molecule has 5 nitrogen and oxygen atoms in total. The fourth-order valence-corrected chi connectivity index (χ4v) is 2.90. The number of carbonyl (C=O) groups is 1. The van der Waals surface area contributed by atoms with Crippen LogP contribution in [0, 0.1) is 13.8 Å². The zero-order valence-electron chi connectivity index (χ0n) is 14.2. The summed E-state index contributed by atoms with van der Waals surface area (Å²) >= 11 is 0. The molecule has 1 saturated heterocycles. The Morgan fingerprint density at radius 3 is 2.54 bits per heavy atom. The Morgan fingerprint density at radius 1 is 1.17 bits per heavy atom. The molecule has 0 bridgehead atoms. The molecule has 2 heterocycles. The molecule has 1 aromatic carbocycles. The third kappa shape index (κ3) is 3.67. The topological polar surface area (TPSA) is 68.5 Å². The number of carbonyl (C=O) groups excluding carboxylic acids is 1. The van der Waals surface area contributed by atoms with Crippen LogP contribution >= 0.6 is 0 Å². The fraction of sp³-hybridized carbons (Fsp3) is 0.368. The van der Waals surface area contributed by atoms with E-state index in [1.165, 1.54) is 0 Å². The Morgan fingerprint density at radius 2 is 1.88 bits per heavy atom. The highest BCUT2D eigenvalue weighted by molar-refractivity contribution is 5.99. The average Bonchev–Trinajstić information content (AvgIpc) is 2.59.